The second-order valence-electron chi connectivity index (χ2n) is 3.62. The standard InChI is InChI=1S/C12H13ClFNO2/c13-11(16)3-1-2-4-12(17)15-10-7-5-9(14)6-8-10/h5-8H,1-4H2,(H,15,17). The van der Waals surface area contributed by atoms with Crippen molar-refractivity contribution in [3.05, 3.63) is 30.1 Å². The van der Waals surface area contributed by atoms with Gasteiger partial charge in [0.15, 0.2) is 0 Å². The van der Waals surface area contributed by atoms with Gasteiger partial charge in [-0.05, 0) is 48.7 Å². The number of hydrogen-bond donors (Lipinski definition) is 1. The van der Waals surface area contributed by atoms with Crippen molar-refractivity contribution in [3.8, 4) is 0 Å². The van der Waals surface area contributed by atoms with Crippen molar-refractivity contribution >= 4 is 28.4 Å². The van der Waals surface area contributed by atoms with Crippen LogP contribution in [0.3, 0.4) is 0 Å². The van der Waals surface area contributed by atoms with Gasteiger partial charge >= 0.3 is 0 Å². The van der Waals surface area contributed by atoms with Crippen molar-refractivity contribution in [2.75, 3.05) is 5.32 Å². The summed E-state index contributed by atoms with van der Waals surface area (Å²) in [6.45, 7) is 0. The molecule has 1 rings (SSSR count). The number of nitrogens with one attached hydrogen (secondary N) is 1. The van der Waals surface area contributed by atoms with Gasteiger partial charge in [0.1, 0.15) is 5.82 Å². The summed E-state index contributed by atoms with van der Waals surface area (Å²) < 4.78 is 12.6. The summed E-state index contributed by atoms with van der Waals surface area (Å²) in [5.41, 5.74) is 0.560. The molecule has 0 aliphatic rings. The average Bonchev–Trinajstić information content (AvgIpc) is 2.27. The molecule has 1 aromatic rings. The molecular formula is C12H13ClFNO2. The molecule has 0 aliphatic carbocycles. The molecule has 1 aromatic carbocycles. The van der Waals surface area contributed by atoms with Crippen LogP contribution < -0.4 is 5.32 Å². The lowest BCUT2D eigenvalue weighted by atomic mass is 10.2. The van der Waals surface area contributed by atoms with Crippen molar-refractivity contribution in [1.82, 2.24) is 0 Å². The van der Waals surface area contributed by atoms with Crippen LogP contribution in [-0.2, 0) is 9.59 Å². The molecule has 0 saturated heterocycles. The van der Waals surface area contributed by atoms with Crippen LogP contribution in [0.2, 0.25) is 0 Å². The minimum Gasteiger partial charge on any atom is -0.326 e. The molecule has 0 spiro atoms. The molecule has 0 unspecified atom stereocenters. The lowest BCUT2D eigenvalue weighted by Crippen LogP contribution is -2.11. The quantitative estimate of drug-likeness (QED) is 0.629. The van der Waals surface area contributed by atoms with Gasteiger partial charge < -0.3 is 5.32 Å². The zero-order valence-corrected chi connectivity index (χ0v) is 9.97. The van der Waals surface area contributed by atoms with E-state index in [0.29, 0.717) is 24.9 Å². The van der Waals surface area contributed by atoms with Gasteiger partial charge in [0.05, 0.1) is 0 Å². The molecule has 1 N–H and O–H groups in total. The van der Waals surface area contributed by atoms with Gasteiger partial charge in [-0.25, -0.2) is 4.39 Å². The van der Waals surface area contributed by atoms with Gasteiger partial charge in [0.25, 0.3) is 0 Å². The summed E-state index contributed by atoms with van der Waals surface area (Å²) in [5.74, 6) is -0.498. The molecule has 1 amide bonds. The van der Waals surface area contributed by atoms with E-state index in [0.717, 1.165) is 0 Å². The number of hydrogen-bond acceptors (Lipinski definition) is 2. The molecule has 5 heteroatoms. The number of carbonyl (C=O) groups excluding carboxylic acids is 2. The Morgan fingerprint density at radius 3 is 2.29 bits per heavy atom. The van der Waals surface area contributed by atoms with Gasteiger partial charge in [-0.2, -0.15) is 0 Å². The van der Waals surface area contributed by atoms with Crippen LogP contribution in [-0.4, -0.2) is 11.1 Å². The van der Waals surface area contributed by atoms with E-state index in [4.69, 9.17) is 11.6 Å². The molecule has 92 valence electrons. The Hall–Kier alpha value is -1.42. The molecule has 0 saturated carbocycles. The third-order valence-corrected chi connectivity index (χ3v) is 2.34. The maximum absolute atomic E-state index is 12.6. The first-order valence-corrected chi connectivity index (χ1v) is 5.69. The number of halogens is 2. The van der Waals surface area contributed by atoms with E-state index in [9.17, 15) is 14.0 Å². The zero-order valence-electron chi connectivity index (χ0n) is 9.21. The summed E-state index contributed by atoms with van der Waals surface area (Å²) >= 11 is 5.16. The third-order valence-electron chi connectivity index (χ3n) is 2.16. The molecule has 3 nitrogen and oxygen atoms in total. The number of benzene rings is 1. The Balaban J connectivity index is 2.25. The topological polar surface area (TPSA) is 46.2 Å². The van der Waals surface area contributed by atoms with Crippen molar-refractivity contribution in [2.45, 2.75) is 25.7 Å². The Bertz CT molecular complexity index is 392. The van der Waals surface area contributed by atoms with Crippen LogP contribution in [0.5, 0.6) is 0 Å². The van der Waals surface area contributed by atoms with Gasteiger partial charge in [-0.15, -0.1) is 0 Å². The van der Waals surface area contributed by atoms with Gasteiger partial charge in [0, 0.05) is 18.5 Å². The van der Waals surface area contributed by atoms with Crippen molar-refractivity contribution < 1.29 is 14.0 Å². The predicted octanol–water partition coefficient (Wildman–Crippen LogP) is 3.09. The minimum atomic E-state index is -0.385. The normalized spacial score (nSPS) is 10.0. The number of rotatable bonds is 6. The molecule has 0 fully saturated rings. The van der Waals surface area contributed by atoms with Crippen LogP contribution in [0.15, 0.2) is 24.3 Å². The summed E-state index contributed by atoms with van der Waals surface area (Å²) in [7, 11) is 0. The third kappa shape index (κ3) is 6.02. The van der Waals surface area contributed by atoms with Crippen molar-refractivity contribution in [2.24, 2.45) is 0 Å². The molecular weight excluding hydrogens is 245 g/mol. The summed E-state index contributed by atoms with van der Waals surface area (Å²) in [6, 6.07) is 5.55. The molecule has 0 aromatic heterocycles. The second kappa shape index (κ2) is 7.01. The second-order valence-corrected chi connectivity index (χ2v) is 4.04. The number of anilines is 1. The van der Waals surface area contributed by atoms with Crippen LogP contribution in [0.1, 0.15) is 25.7 Å². The number of amides is 1. The van der Waals surface area contributed by atoms with Crippen LogP contribution in [0.25, 0.3) is 0 Å². The molecule has 0 bridgehead atoms. The highest BCUT2D eigenvalue weighted by molar-refractivity contribution is 6.63. The van der Waals surface area contributed by atoms with E-state index in [1.54, 1.807) is 0 Å². The molecule has 0 radical (unpaired) electrons. The Morgan fingerprint density at radius 2 is 1.71 bits per heavy atom. The Labute approximate surface area is 104 Å². The lowest BCUT2D eigenvalue weighted by Gasteiger charge is -2.04. The smallest absolute Gasteiger partial charge is 0.224 e. The highest BCUT2D eigenvalue weighted by Crippen LogP contribution is 2.10. The van der Waals surface area contributed by atoms with E-state index in [1.807, 2.05) is 0 Å². The van der Waals surface area contributed by atoms with E-state index in [-0.39, 0.29) is 23.4 Å². The fraction of sp³-hybridized carbons (Fsp3) is 0.333. The maximum Gasteiger partial charge on any atom is 0.224 e. The minimum absolute atomic E-state index is 0.154. The first-order valence-electron chi connectivity index (χ1n) is 5.31. The van der Waals surface area contributed by atoms with Crippen molar-refractivity contribution in [1.29, 1.82) is 0 Å². The van der Waals surface area contributed by atoms with Gasteiger partial charge in [-0.3, -0.25) is 9.59 Å². The molecule has 17 heavy (non-hydrogen) atoms. The average molecular weight is 258 g/mol. The monoisotopic (exact) mass is 257 g/mol. The zero-order chi connectivity index (χ0) is 12.7. The predicted molar refractivity (Wildman–Crippen MR) is 64.4 cm³/mol. The Kier molecular flexibility index (Phi) is 5.63. The first-order chi connectivity index (χ1) is 8.08. The van der Waals surface area contributed by atoms with E-state index in [2.05, 4.69) is 5.32 Å². The number of carbonyl (C=O) groups is 2. The fourth-order valence-corrected chi connectivity index (χ4v) is 1.44. The van der Waals surface area contributed by atoms with Crippen LogP contribution in [0.4, 0.5) is 10.1 Å². The van der Waals surface area contributed by atoms with Crippen LogP contribution in [0, 0.1) is 5.82 Å². The molecule has 0 heterocycles. The highest BCUT2D eigenvalue weighted by Gasteiger charge is 2.03. The van der Waals surface area contributed by atoms with Crippen LogP contribution >= 0.6 is 11.6 Å². The number of unbranched alkanes of at least 4 members (excludes halogenated alkanes) is 1. The summed E-state index contributed by atoms with van der Waals surface area (Å²) in [6.07, 6.45) is 1.80. The van der Waals surface area contributed by atoms with Gasteiger partial charge in [-0.1, -0.05) is 0 Å². The van der Waals surface area contributed by atoms with Crippen molar-refractivity contribution in [3.63, 3.8) is 0 Å². The highest BCUT2D eigenvalue weighted by atomic mass is 35.5. The first kappa shape index (κ1) is 13.6. The summed E-state index contributed by atoms with van der Waals surface area (Å²) in [4.78, 5) is 21.9. The van der Waals surface area contributed by atoms with E-state index < -0.39 is 0 Å². The van der Waals surface area contributed by atoms with E-state index in [1.165, 1.54) is 24.3 Å². The Morgan fingerprint density at radius 1 is 1.12 bits per heavy atom. The van der Waals surface area contributed by atoms with Gasteiger partial charge in [0.2, 0.25) is 11.1 Å². The van der Waals surface area contributed by atoms with E-state index >= 15 is 0 Å². The SMILES string of the molecule is O=C(Cl)CCCCC(=O)Nc1ccc(F)cc1. The molecule has 0 atom stereocenters. The fourth-order valence-electron chi connectivity index (χ4n) is 1.31. The largest absolute Gasteiger partial charge is 0.326 e. The summed E-state index contributed by atoms with van der Waals surface area (Å²) in [5, 5.41) is 2.25. The maximum atomic E-state index is 12.6. The molecule has 0 aliphatic heterocycles. The lowest BCUT2D eigenvalue weighted by molar-refractivity contribution is -0.116.